The predicted molar refractivity (Wildman–Crippen MR) is 55.6 cm³/mol. The number of halogens is 2. The van der Waals surface area contributed by atoms with Crippen LogP contribution in [0.1, 0.15) is 5.56 Å². The molecule has 0 atom stereocenters. The zero-order valence-electron chi connectivity index (χ0n) is 8.29. The number of benzene rings is 1. The first kappa shape index (κ1) is 12.2. The smallest absolute Gasteiger partial charge is 0.169 e. The molecule has 0 heterocycles. The molecule has 1 aromatic carbocycles. The number of hydroxylamine groups is 2. The van der Waals surface area contributed by atoms with Gasteiger partial charge in [0.05, 0.1) is 13.7 Å². The van der Waals surface area contributed by atoms with E-state index in [1.54, 1.807) is 0 Å². The van der Waals surface area contributed by atoms with Gasteiger partial charge in [0.25, 0.3) is 0 Å². The van der Waals surface area contributed by atoms with E-state index in [4.69, 9.17) is 9.94 Å². The van der Waals surface area contributed by atoms with E-state index in [1.807, 2.05) is 0 Å². The highest BCUT2D eigenvalue weighted by Crippen LogP contribution is 2.38. The van der Waals surface area contributed by atoms with Gasteiger partial charge in [-0.15, -0.1) is 0 Å². The molecule has 0 aliphatic heterocycles. The van der Waals surface area contributed by atoms with Gasteiger partial charge >= 0.3 is 0 Å². The van der Waals surface area contributed by atoms with Crippen molar-refractivity contribution in [3.05, 3.63) is 21.9 Å². The van der Waals surface area contributed by atoms with E-state index in [9.17, 15) is 9.50 Å². The molecule has 0 radical (unpaired) electrons. The van der Waals surface area contributed by atoms with Crippen molar-refractivity contribution < 1.29 is 19.4 Å². The van der Waals surface area contributed by atoms with Crippen LogP contribution in [0.4, 0.5) is 4.39 Å². The first-order chi connectivity index (χ1) is 6.97. The largest absolute Gasteiger partial charge is 0.504 e. The third kappa shape index (κ3) is 2.58. The molecule has 15 heavy (non-hydrogen) atoms. The Balaban J connectivity index is 3.25. The zero-order valence-corrected chi connectivity index (χ0v) is 9.88. The Labute approximate surface area is 95.0 Å². The Morgan fingerprint density at radius 2 is 2.20 bits per heavy atom. The molecule has 0 spiro atoms. The standard InChI is InChI=1S/C9H11BrFNO3/c1-12(14)4-5-3-6(11)8(13)7(10)9(5)15-2/h3,13-14H,4H2,1-2H3. The Morgan fingerprint density at radius 1 is 1.60 bits per heavy atom. The molecule has 4 nitrogen and oxygen atoms in total. The molecular formula is C9H11BrFNO3. The van der Waals surface area contributed by atoms with Crippen LogP contribution in [-0.4, -0.2) is 29.5 Å². The zero-order chi connectivity index (χ0) is 11.6. The van der Waals surface area contributed by atoms with Gasteiger partial charge in [-0.3, -0.25) is 0 Å². The summed E-state index contributed by atoms with van der Waals surface area (Å²) in [5.74, 6) is -0.967. The lowest BCUT2D eigenvalue weighted by atomic mass is 10.2. The first-order valence-corrected chi connectivity index (χ1v) is 4.90. The van der Waals surface area contributed by atoms with Crippen LogP contribution in [0, 0.1) is 5.82 Å². The van der Waals surface area contributed by atoms with Gasteiger partial charge in [0.2, 0.25) is 0 Å². The predicted octanol–water partition coefficient (Wildman–Crippen LogP) is 2.12. The average molecular weight is 280 g/mol. The molecule has 84 valence electrons. The number of phenolic OH excluding ortho intramolecular Hbond substituents is 1. The minimum Gasteiger partial charge on any atom is -0.504 e. The molecule has 6 heteroatoms. The van der Waals surface area contributed by atoms with Crippen LogP contribution < -0.4 is 4.74 Å². The number of methoxy groups -OCH3 is 1. The van der Waals surface area contributed by atoms with E-state index < -0.39 is 11.6 Å². The molecule has 0 fully saturated rings. The third-order valence-corrected chi connectivity index (χ3v) is 2.57. The lowest BCUT2D eigenvalue weighted by Crippen LogP contribution is -2.13. The van der Waals surface area contributed by atoms with E-state index >= 15 is 0 Å². The lowest BCUT2D eigenvalue weighted by molar-refractivity contribution is -0.0736. The molecule has 0 amide bonds. The van der Waals surface area contributed by atoms with Crippen LogP contribution in [0.5, 0.6) is 11.5 Å². The Kier molecular flexibility index (Phi) is 3.90. The normalized spacial score (nSPS) is 10.8. The van der Waals surface area contributed by atoms with E-state index in [0.29, 0.717) is 11.3 Å². The number of hydrogen-bond acceptors (Lipinski definition) is 4. The molecule has 0 bridgehead atoms. The van der Waals surface area contributed by atoms with Crippen molar-refractivity contribution in [3.63, 3.8) is 0 Å². The number of hydrogen-bond donors (Lipinski definition) is 2. The lowest BCUT2D eigenvalue weighted by Gasteiger charge is -2.14. The maximum absolute atomic E-state index is 13.2. The summed E-state index contributed by atoms with van der Waals surface area (Å²) in [5.41, 5.74) is 0.435. The highest BCUT2D eigenvalue weighted by molar-refractivity contribution is 9.10. The second-order valence-electron chi connectivity index (χ2n) is 3.03. The Hall–Kier alpha value is -0.850. The summed E-state index contributed by atoms with van der Waals surface area (Å²) in [6.45, 7) is 0.0962. The molecule has 0 unspecified atom stereocenters. The summed E-state index contributed by atoms with van der Waals surface area (Å²) < 4.78 is 18.3. The minimum atomic E-state index is -0.764. The number of ether oxygens (including phenoxy) is 1. The van der Waals surface area contributed by atoms with Gasteiger partial charge < -0.3 is 15.1 Å². The van der Waals surface area contributed by atoms with Crippen LogP contribution >= 0.6 is 15.9 Å². The van der Waals surface area contributed by atoms with E-state index in [0.717, 1.165) is 11.1 Å². The molecule has 0 aliphatic carbocycles. The summed E-state index contributed by atoms with van der Waals surface area (Å²) >= 11 is 3.02. The van der Waals surface area contributed by atoms with Crippen molar-refractivity contribution in [1.29, 1.82) is 0 Å². The Morgan fingerprint density at radius 3 is 2.67 bits per heavy atom. The van der Waals surface area contributed by atoms with E-state index in [1.165, 1.54) is 14.2 Å². The van der Waals surface area contributed by atoms with Crippen molar-refractivity contribution in [3.8, 4) is 11.5 Å². The molecule has 0 aromatic heterocycles. The highest BCUT2D eigenvalue weighted by Gasteiger charge is 2.17. The van der Waals surface area contributed by atoms with E-state index in [-0.39, 0.29) is 11.0 Å². The number of nitrogens with zero attached hydrogens (tertiary/aromatic N) is 1. The van der Waals surface area contributed by atoms with Crippen molar-refractivity contribution in [2.75, 3.05) is 14.2 Å². The molecular weight excluding hydrogens is 269 g/mol. The quantitative estimate of drug-likeness (QED) is 0.833. The Bertz CT molecular complexity index is 371. The minimum absolute atomic E-state index is 0.0962. The third-order valence-electron chi connectivity index (χ3n) is 1.83. The van der Waals surface area contributed by atoms with Crippen molar-refractivity contribution in [2.45, 2.75) is 6.54 Å². The fourth-order valence-electron chi connectivity index (χ4n) is 1.22. The maximum Gasteiger partial charge on any atom is 0.169 e. The molecule has 2 N–H and O–H groups in total. The van der Waals surface area contributed by atoms with Gasteiger partial charge in [-0.1, -0.05) is 0 Å². The molecule has 1 rings (SSSR count). The molecule has 1 aromatic rings. The second-order valence-corrected chi connectivity index (χ2v) is 3.82. The van der Waals surface area contributed by atoms with Gasteiger partial charge in [0.1, 0.15) is 10.2 Å². The first-order valence-electron chi connectivity index (χ1n) is 4.11. The van der Waals surface area contributed by atoms with Gasteiger partial charge in [-0.25, -0.2) is 4.39 Å². The molecule has 0 saturated carbocycles. The summed E-state index contributed by atoms with van der Waals surface area (Å²) in [6.07, 6.45) is 0. The SMILES string of the molecule is COc1c(CN(C)O)cc(F)c(O)c1Br. The number of phenols is 1. The van der Waals surface area contributed by atoms with Crippen LogP contribution in [0.15, 0.2) is 10.5 Å². The average Bonchev–Trinajstić information content (AvgIpc) is 2.14. The van der Waals surface area contributed by atoms with Crippen LogP contribution in [-0.2, 0) is 6.54 Å². The summed E-state index contributed by atoms with van der Waals surface area (Å²) in [7, 11) is 2.83. The highest BCUT2D eigenvalue weighted by atomic mass is 79.9. The van der Waals surface area contributed by atoms with Crippen LogP contribution in [0.3, 0.4) is 0 Å². The van der Waals surface area contributed by atoms with Gasteiger partial charge in [0, 0.05) is 12.6 Å². The van der Waals surface area contributed by atoms with Crippen molar-refractivity contribution in [1.82, 2.24) is 5.06 Å². The van der Waals surface area contributed by atoms with Gasteiger partial charge in [0.15, 0.2) is 11.6 Å². The summed E-state index contributed by atoms with van der Waals surface area (Å²) in [5, 5.41) is 19.2. The van der Waals surface area contributed by atoms with Gasteiger partial charge in [-0.2, -0.15) is 5.06 Å². The van der Waals surface area contributed by atoms with Crippen molar-refractivity contribution in [2.24, 2.45) is 0 Å². The molecule has 0 saturated heterocycles. The van der Waals surface area contributed by atoms with Crippen LogP contribution in [0.25, 0.3) is 0 Å². The van der Waals surface area contributed by atoms with Crippen molar-refractivity contribution >= 4 is 15.9 Å². The number of rotatable bonds is 3. The van der Waals surface area contributed by atoms with Crippen LogP contribution in [0.2, 0.25) is 0 Å². The fourth-order valence-corrected chi connectivity index (χ4v) is 1.83. The van der Waals surface area contributed by atoms with E-state index in [2.05, 4.69) is 15.9 Å². The fraction of sp³-hybridized carbons (Fsp3) is 0.333. The van der Waals surface area contributed by atoms with Gasteiger partial charge in [-0.05, 0) is 22.0 Å². The topological polar surface area (TPSA) is 52.9 Å². The summed E-state index contributed by atoms with van der Waals surface area (Å²) in [6, 6.07) is 1.12. The summed E-state index contributed by atoms with van der Waals surface area (Å²) in [4.78, 5) is 0. The second kappa shape index (κ2) is 4.78. The maximum atomic E-state index is 13.2. The monoisotopic (exact) mass is 279 g/mol. The molecule has 0 aliphatic rings. The number of aromatic hydroxyl groups is 1.